The van der Waals surface area contributed by atoms with Crippen molar-refractivity contribution in [3.63, 3.8) is 0 Å². The molecule has 1 heterocycles. The number of hydrogen-bond acceptors (Lipinski definition) is 4. The van der Waals surface area contributed by atoms with Crippen LogP contribution in [0.5, 0.6) is 0 Å². The molecule has 0 aliphatic heterocycles. The van der Waals surface area contributed by atoms with Crippen LogP contribution in [0.15, 0.2) is 35.3 Å². The van der Waals surface area contributed by atoms with Gasteiger partial charge in [0, 0.05) is 18.7 Å². The van der Waals surface area contributed by atoms with Gasteiger partial charge in [-0.05, 0) is 43.5 Å². The van der Waals surface area contributed by atoms with Crippen LogP contribution in [0, 0.1) is 0 Å². The van der Waals surface area contributed by atoms with Crippen LogP contribution in [-0.4, -0.2) is 29.0 Å². The molecule has 0 radical (unpaired) electrons. The molecule has 0 atom stereocenters. The van der Waals surface area contributed by atoms with Crippen LogP contribution in [0.2, 0.25) is 10.0 Å². The van der Waals surface area contributed by atoms with Crippen LogP contribution < -0.4 is 10.9 Å². The Morgan fingerprint density at radius 1 is 1.30 bits per heavy atom. The molecule has 1 aromatic carbocycles. The van der Waals surface area contributed by atoms with Crippen LogP contribution in [0.3, 0.4) is 0 Å². The van der Waals surface area contributed by atoms with Crippen molar-refractivity contribution in [3.05, 3.63) is 50.9 Å². The topological polar surface area (TPSA) is 56.1 Å². The molecular formula is C16H17Cl2N3O2. The molecule has 0 saturated heterocycles. The molecule has 122 valence electrons. The number of nitrogens with zero attached hydrogens (tertiary/aromatic N) is 2. The molecule has 0 amide bonds. The van der Waals surface area contributed by atoms with Crippen LogP contribution in [0.1, 0.15) is 19.3 Å². The molecule has 1 fully saturated rings. The Morgan fingerprint density at radius 2 is 2.00 bits per heavy atom. The van der Waals surface area contributed by atoms with Gasteiger partial charge in [0.25, 0.3) is 5.56 Å². The molecule has 3 rings (SSSR count). The van der Waals surface area contributed by atoms with Gasteiger partial charge in [0.05, 0.1) is 23.2 Å². The number of nitrogens with one attached hydrogen (secondary N) is 1. The molecule has 1 aromatic heterocycles. The number of benzene rings is 1. The van der Waals surface area contributed by atoms with Crippen molar-refractivity contribution in [3.8, 4) is 5.69 Å². The molecule has 0 unspecified atom stereocenters. The lowest BCUT2D eigenvalue weighted by Crippen LogP contribution is -2.45. The lowest BCUT2D eigenvalue weighted by atomic mass is 9.80. The van der Waals surface area contributed by atoms with E-state index in [0.717, 1.165) is 19.3 Å². The SMILES string of the molecule is COC1(CNc2cnn(-c3ccc(Cl)cc3)c(=O)c2Cl)CCC1. The molecule has 23 heavy (non-hydrogen) atoms. The van der Waals surface area contributed by atoms with Gasteiger partial charge in [0.15, 0.2) is 0 Å². The van der Waals surface area contributed by atoms with E-state index in [2.05, 4.69) is 10.4 Å². The number of hydrogen-bond donors (Lipinski definition) is 1. The molecule has 0 bridgehead atoms. The van der Waals surface area contributed by atoms with Gasteiger partial charge >= 0.3 is 0 Å². The van der Waals surface area contributed by atoms with E-state index in [0.29, 0.717) is 22.9 Å². The fourth-order valence-electron chi connectivity index (χ4n) is 2.60. The minimum Gasteiger partial charge on any atom is -0.379 e. The Balaban J connectivity index is 1.83. The van der Waals surface area contributed by atoms with Gasteiger partial charge < -0.3 is 10.1 Å². The summed E-state index contributed by atoms with van der Waals surface area (Å²) in [7, 11) is 1.71. The number of ether oxygens (including phenoxy) is 1. The molecule has 5 nitrogen and oxygen atoms in total. The average Bonchev–Trinajstić information content (AvgIpc) is 2.52. The van der Waals surface area contributed by atoms with Gasteiger partial charge in [0.2, 0.25) is 0 Å². The van der Waals surface area contributed by atoms with Crippen molar-refractivity contribution in [1.29, 1.82) is 0 Å². The van der Waals surface area contributed by atoms with E-state index in [4.69, 9.17) is 27.9 Å². The highest BCUT2D eigenvalue weighted by Gasteiger charge is 2.36. The standard InChI is InChI=1S/C16H17Cl2N3O2/c1-23-16(7-2-8-16)10-19-13-9-20-21(15(22)14(13)18)12-5-3-11(17)4-6-12/h3-6,9,19H,2,7-8,10H2,1H3. The maximum atomic E-state index is 12.4. The average molecular weight is 354 g/mol. The van der Waals surface area contributed by atoms with E-state index in [9.17, 15) is 4.79 Å². The first-order chi connectivity index (χ1) is 11.0. The zero-order chi connectivity index (χ0) is 16.4. The predicted molar refractivity (Wildman–Crippen MR) is 91.9 cm³/mol. The molecule has 1 aliphatic carbocycles. The molecule has 7 heteroatoms. The second-order valence-corrected chi connectivity index (χ2v) is 6.47. The maximum absolute atomic E-state index is 12.4. The number of anilines is 1. The van der Waals surface area contributed by atoms with Crippen LogP contribution >= 0.6 is 23.2 Å². The van der Waals surface area contributed by atoms with Crippen molar-refractivity contribution in [2.75, 3.05) is 19.0 Å². The van der Waals surface area contributed by atoms with E-state index < -0.39 is 0 Å². The second-order valence-electron chi connectivity index (χ2n) is 5.66. The first kappa shape index (κ1) is 16.3. The van der Waals surface area contributed by atoms with Gasteiger partial charge in [-0.25, -0.2) is 0 Å². The summed E-state index contributed by atoms with van der Waals surface area (Å²) in [5.74, 6) is 0. The highest BCUT2D eigenvalue weighted by atomic mass is 35.5. The Labute approximate surface area is 144 Å². The smallest absolute Gasteiger partial charge is 0.292 e. The first-order valence-electron chi connectivity index (χ1n) is 7.37. The largest absolute Gasteiger partial charge is 0.379 e. The molecule has 1 N–H and O–H groups in total. The summed E-state index contributed by atoms with van der Waals surface area (Å²) in [4.78, 5) is 12.4. The highest BCUT2D eigenvalue weighted by molar-refractivity contribution is 6.33. The van der Waals surface area contributed by atoms with Crippen molar-refractivity contribution in [1.82, 2.24) is 9.78 Å². The van der Waals surface area contributed by atoms with Gasteiger partial charge in [-0.2, -0.15) is 9.78 Å². The van der Waals surface area contributed by atoms with E-state index in [1.165, 1.54) is 4.68 Å². The maximum Gasteiger partial charge on any atom is 0.292 e. The second kappa shape index (κ2) is 6.51. The summed E-state index contributed by atoms with van der Waals surface area (Å²) >= 11 is 12.1. The third kappa shape index (κ3) is 3.22. The van der Waals surface area contributed by atoms with Gasteiger partial charge in [-0.3, -0.25) is 4.79 Å². The van der Waals surface area contributed by atoms with Crippen LogP contribution in [0.25, 0.3) is 5.69 Å². The van der Waals surface area contributed by atoms with E-state index in [1.807, 2.05) is 0 Å². The fraction of sp³-hybridized carbons (Fsp3) is 0.375. The quantitative estimate of drug-likeness (QED) is 0.893. The van der Waals surface area contributed by atoms with Gasteiger partial charge in [0.1, 0.15) is 5.02 Å². The van der Waals surface area contributed by atoms with Crippen LogP contribution in [-0.2, 0) is 4.74 Å². The monoisotopic (exact) mass is 353 g/mol. The lowest BCUT2D eigenvalue weighted by molar-refractivity contribution is -0.0601. The normalized spacial score (nSPS) is 16.0. The number of halogens is 2. The third-order valence-corrected chi connectivity index (χ3v) is 4.91. The number of rotatable bonds is 5. The number of methoxy groups -OCH3 is 1. The zero-order valence-electron chi connectivity index (χ0n) is 12.7. The van der Waals surface area contributed by atoms with Gasteiger partial charge in [-0.15, -0.1) is 0 Å². The molecule has 0 spiro atoms. The molecule has 1 saturated carbocycles. The molecular weight excluding hydrogens is 337 g/mol. The minimum atomic E-state index is -0.376. The minimum absolute atomic E-state index is 0.112. The molecule has 1 aliphatic rings. The van der Waals surface area contributed by atoms with Crippen LogP contribution in [0.4, 0.5) is 5.69 Å². The first-order valence-corrected chi connectivity index (χ1v) is 8.13. The summed E-state index contributed by atoms with van der Waals surface area (Å²) in [6.45, 7) is 0.606. The Morgan fingerprint density at radius 3 is 2.57 bits per heavy atom. The van der Waals surface area contributed by atoms with Gasteiger partial charge in [-0.1, -0.05) is 23.2 Å². The summed E-state index contributed by atoms with van der Waals surface area (Å²) in [5.41, 5.74) is 0.596. The lowest BCUT2D eigenvalue weighted by Gasteiger charge is -2.40. The van der Waals surface area contributed by atoms with Crippen molar-refractivity contribution >= 4 is 28.9 Å². The summed E-state index contributed by atoms with van der Waals surface area (Å²) < 4.78 is 6.80. The van der Waals surface area contributed by atoms with Crippen molar-refractivity contribution < 1.29 is 4.74 Å². The van der Waals surface area contributed by atoms with Crippen molar-refractivity contribution in [2.45, 2.75) is 24.9 Å². The third-order valence-electron chi connectivity index (χ3n) is 4.29. The van der Waals surface area contributed by atoms with E-state index >= 15 is 0 Å². The Kier molecular flexibility index (Phi) is 4.62. The van der Waals surface area contributed by atoms with E-state index in [-0.39, 0.29) is 16.2 Å². The summed E-state index contributed by atoms with van der Waals surface area (Å²) in [6, 6.07) is 6.83. The number of aromatic nitrogens is 2. The Hall–Kier alpha value is -1.56. The van der Waals surface area contributed by atoms with E-state index in [1.54, 1.807) is 37.6 Å². The zero-order valence-corrected chi connectivity index (χ0v) is 14.2. The summed E-state index contributed by atoms with van der Waals surface area (Å²) in [5, 5.41) is 8.07. The highest BCUT2D eigenvalue weighted by Crippen LogP contribution is 2.35. The fourth-order valence-corrected chi connectivity index (χ4v) is 2.92. The predicted octanol–water partition coefficient (Wildman–Crippen LogP) is 3.52. The molecule has 2 aromatic rings. The van der Waals surface area contributed by atoms with Crippen molar-refractivity contribution in [2.24, 2.45) is 0 Å². The summed E-state index contributed by atoms with van der Waals surface area (Å²) in [6.07, 6.45) is 4.72. The Bertz CT molecular complexity index is 749.